The molecular formula is C25H21FN6. The maximum atomic E-state index is 13.3. The second kappa shape index (κ2) is 8.85. The number of fused-ring (bicyclic) bond motifs is 1. The average Bonchev–Trinajstić information content (AvgIpc) is 3.26. The van der Waals surface area contributed by atoms with Crippen LogP contribution in [0.15, 0.2) is 91.1 Å². The Morgan fingerprint density at radius 3 is 2.28 bits per heavy atom. The maximum Gasteiger partial charge on any atom is 0.226 e. The summed E-state index contributed by atoms with van der Waals surface area (Å²) in [6.45, 7) is 0.685. The molecule has 3 aromatic carbocycles. The third-order valence-corrected chi connectivity index (χ3v) is 5.08. The number of benzene rings is 3. The first-order valence-electron chi connectivity index (χ1n) is 10.4. The van der Waals surface area contributed by atoms with E-state index < -0.39 is 0 Å². The van der Waals surface area contributed by atoms with E-state index in [1.165, 1.54) is 17.7 Å². The van der Waals surface area contributed by atoms with Crippen LogP contribution in [0.2, 0.25) is 0 Å². The molecule has 7 heteroatoms. The van der Waals surface area contributed by atoms with E-state index in [4.69, 9.17) is 4.98 Å². The van der Waals surface area contributed by atoms with Crippen molar-refractivity contribution in [3.05, 3.63) is 103 Å². The predicted octanol–water partition coefficient (Wildman–Crippen LogP) is 5.35. The number of para-hydroxylation sites is 1. The van der Waals surface area contributed by atoms with E-state index in [9.17, 15) is 4.39 Å². The van der Waals surface area contributed by atoms with Crippen molar-refractivity contribution in [1.29, 1.82) is 0 Å². The second-order valence-electron chi connectivity index (χ2n) is 7.32. The van der Waals surface area contributed by atoms with Crippen molar-refractivity contribution in [3.8, 4) is 5.69 Å². The zero-order valence-corrected chi connectivity index (χ0v) is 17.2. The van der Waals surface area contributed by atoms with Gasteiger partial charge in [0, 0.05) is 12.2 Å². The molecule has 2 N–H and O–H groups in total. The van der Waals surface area contributed by atoms with Crippen molar-refractivity contribution < 1.29 is 4.39 Å². The Bertz CT molecular complexity index is 1320. The largest absolute Gasteiger partial charge is 0.354 e. The molecule has 0 aliphatic carbocycles. The first-order valence-corrected chi connectivity index (χ1v) is 10.4. The van der Waals surface area contributed by atoms with Crippen LogP contribution in [-0.4, -0.2) is 26.3 Å². The first kappa shape index (κ1) is 19.7. The van der Waals surface area contributed by atoms with E-state index in [-0.39, 0.29) is 5.82 Å². The van der Waals surface area contributed by atoms with Crippen molar-refractivity contribution >= 4 is 28.5 Å². The quantitative estimate of drug-likeness (QED) is 0.369. The number of aromatic nitrogens is 4. The number of rotatable bonds is 7. The minimum atomic E-state index is -0.288. The third kappa shape index (κ3) is 4.27. The van der Waals surface area contributed by atoms with Gasteiger partial charge in [0.05, 0.1) is 17.3 Å². The van der Waals surface area contributed by atoms with Crippen molar-refractivity contribution in [3.63, 3.8) is 0 Å². The van der Waals surface area contributed by atoms with E-state index in [0.717, 1.165) is 23.2 Å². The normalized spacial score (nSPS) is 10.9. The summed E-state index contributed by atoms with van der Waals surface area (Å²) in [7, 11) is 0. The van der Waals surface area contributed by atoms with Gasteiger partial charge in [-0.1, -0.05) is 48.5 Å². The maximum absolute atomic E-state index is 13.3. The van der Waals surface area contributed by atoms with Crippen LogP contribution in [0.4, 0.5) is 21.8 Å². The molecule has 32 heavy (non-hydrogen) atoms. The van der Waals surface area contributed by atoms with Gasteiger partial charge in [0.2, 0.25) is 5.95 Å². The molecule has 0 saturated heterocycles. The van der Waals surface area contributed by atoms with E-state index in [0.29, 0.717) is 24.0 Å². The van der Waals surface area contributed by atoms with Gasteiger partial charge in [0.15, 0.2) is 5.65 Å². The monoisotopic (exact) mass is 424 g/mol. The van der Waals surface area contributed by atoms with E-state index in [1.54, 1.807) is 23.0 Å². The molecule has 0 spiro atoms. The lowest BCUT2D eigenvalue weighted by Crippen LogP contribution is -2.10. The molecule has 2 aromatic heterocycles. The fraction of sp³-hybridized carbons (Fsp3) is 0.0800. The number of nitrogens with zero attached hydrogens (tertiary/aromatic N) is 4. The number of nitrogens with one attached hydrogen (secondary N) is 2. The molecule has 0 atom stereocenters. The van der Waals surface area contributed by atoms with E-state index in [2.05, 4.69) is 32.8 Å². The van der Waals surface area contributed by atoms with Crippen LogP contribution in [0.5, 0.6) is 0 Å². The molecule has 5 aromatic rings. The van der Waals surface area contributed by atoms with Gasteiger partial charge >= 0.3 is 0 Å². The zero-order chi connectivity index (χ0) is 21.8. The Morgan fingerprint density at radius 2 is 1.53 bits per heavy atom. The molecule has 0 aliphatic rings. The number of hydrogen-bond donors (Lipinski definition) is 2. The third-order valence-electron chi connectivity index (χ3n) is 5.08. The molecule has 0 radical (unpaired) electrons. The highest BCUT2D eigenvalue weighted by atomic mass is 19.1. The van der Waals surface area contributed by atoms with Gasteiger partial charge in [-0.2, -0.15) is 15.1 Å². The number of halogens is 1. The minimum Gasteiger partial charge on any atom is -0.354 e. The molecule has 158 valence electrons. The van der Waals surface area contributed by atoms with Crippen LogP contribution in [0.1, 0.15) is 5.56 Å². The Morgan fingerprint density at radius 1 is 0.812 bits per heavy atom. The topological polar surface area (TPSA) is 67.7 Å². The van der Waals surface area contributed by atoms with Gasteiger partial charge in [0.1, 0.15) is 11.6 Å². The van der Waals surface area contributed by atoms with Crippen molar-refractivity contribution in [2.45, 2.75) is 6.42 Å². The molecule has 0 saturated carbocycles. The molecule has 2 heterocycles. The highest BCUT2D eigenvalue weighted by Gasteiger charge is 2.14. The summed E-state index contributed by atoms with van der Waals surface area (Å²) in [6.07, 6.45) is 2.59. The lowest BCUT2D eigenvalue weighted by atomic mass is 10.1. The van der Waals surface area contributed by atoms with Gasteiger partial charge in [-0.3, -0.25) is 0 Å². The Balaban J connectivity index is 1.50. The summed E-state index contributed by atoms with van der Waals surface area (Å²) in [4.78, 5) is 9.41. The van der Waals surface area contributed by atoms with Crippen LogP contribution in [0.3, 0.4) is 0 Å². The Hall–Kier alpha value is -4.26. The van der Waals surface area contributed by atoms with E-state index in [1.807, 2.05) is 48.5 Å². The molecule has 6 nitrogen and oxygen atoms in total. The van der Waals surface area contributed by atoms with Gasteiger partial charge in [-0.15, -0.1) is 0 Å². The molecule has 5 rings (SSSR count). The van der Waals surface area contributed by atoms with Crippen LogP contribution in [0.25, 0.3) is 16.7 Å². The Kier molecular flexibility index (Phi) is 5.45. The Labute approximate surface area is 184 Å². The minimum absolute atomic E-state index is 0.288. The van der Waals surface area contributed by atoms with Crippen molar-refractivity contribution in [2.24, 2.45) is 0 Å². The summed E-state index contributed by atoms with van der Waals surface area (Å²) in [5.41, 5.74) is 3.55. The summed E-state index contributed by atoms with van der Waals surface area (Å²) in [5, 5.41) is 11.9. The molecule has 0 unspecified atom stereocenters. The second-order valence-corrected chi connectivity index (χ2v) is 7.32. The standard InChI is InChI=1S/C25H21FN6/c26-19-11-13-20(14-12-19)29-23-22-17-28-32(21-9-5-2-6-10-21)24(22)31-25(30-23)27-16-15-18-7-3-1-4-8-18/h1-14,17H,15-16H2,(H2,27,29,30,31). The summed E-state index contributed by atoms with van der Waals surface area (Å²) >= 11 is 0. The van der Waals surface area contributed by atoms with Crippen LogP contribution in [-0.2, 0) is 6.42 Å². The van der Waals surface area contributed by atoms with E-state index >= 15 is 0 Å². The van der Waals surface area contributed by atoms with Crippen molar-refractivity contribution in [1.82, 2.24) is 19.7 Å². The van der Waals surface area contributed by atoms with Gasteiger partial charge in [0.25, 0.3) is 0 Å². The summed E-state index contributed by atoms with van der Waals surface area (Å²) < 4.78 is 15.1. The average molecular weight is 424 g/mol. The fourth-order valence-electron chi connectivity index (χ4n) is 3.47. The SMILES string of the molecule is Fc1ccc(Nc2nc(NCCc3ccccc3)nc3c2cnn3-c2ccccc2)cc1. The van der Waals surface area contributed by atoms with Crippen LogP contribution >= 0.6 is 0 Å². The lowest BCUT2D eigenvalue weighted by Gasteiger charge is -2.11. The lowest BCUT2D eigenvalue weighted by molar-refractivity contribution is 0.628. The fourth-order valence-corrected chi connectivity index (χ4v) is 3.47. The van der Waals surface area contributed by atoms with Crippen LogP contribution in [0, 0.1) is 5.82 Å². The zero-order valence-electron chi connectivity index (χ0n) is 17.2. The van der Waals surface area contributed by atoms with Crippen LogP contribution < -0.4 is 10.6 Å². The highest BCUT2D eigenvalue weighted by molar-refractivity contribution is 5.90. The molecule has 0 bridgehead atoms. The predicted molar refractivity (Wildman–Crippen MR) is 125 cm³/mol. The molecule has 0 amide bonds. The summed E-state index contributed by atoms with van der Waals surface area (Å²) in [5.74, 6) is 0.810. The smallest absolute Gasteiger partial charge is 0.226 e. The molecule has 0 fully saturated rings. The number of hydrogen-bond acceptors (Lipinski definition) is 5. The van der Waals surface area contributed by atoms with Gasteiger partial charge < -0.3 is 10.6 Å². The van der Waals surface area contributed by atoms with Gasteiger partial charge in [-0.05, 0) is 48.4 Å². The van der Waals surface area contributed by atoms with Crippen molar-refractivity contribution in [2.75, 3.05) is 17.2 Å². The first-order chi connectivity index (χ1) is 15.8. The van der Waals surface area contributed by atoms with Gasteiger partial charge in [-0.25, -0.2) is 9.07 Å². The summed E-state index contributed by atoms with van der Waals surface area (Å²) in [6, 6.07) is 26.3. The highest BCUT2D eigenvalue weighted by Crippen LogP contribution is 2.27. The molecule has 0 aliphatic heterocycles. The molecular weight excluding hydrogens is 403 g/mol. The number of anilines is 3.